The molecule has 2 aliphatic carbocycles. The number of nitrogens with two attached hydrogens (primary N) is 1. The highest BCUT2D eigenvalue weighted by Crippen LogP contribution is 2.30. The highest BCUT2D eigenvalue weighted by molar-refractivity contribution is 5.88. The van der Waals surface area contributed by atoms with Crippen LogP contribution in [0.4, 0.5) is 0 Å². The largest absolute Gasteiger partial charge is 0.350 e. The first-order chi connectivity index (χ1) is 9.65. The molecule has 1 heterocycles. The van der Waals surface area contributed by atoms with Gasteiger partial charge in [0, 0.05) is 18.0 Å². The maximum Gasteiger partial charge on any atom is 0.239 e. The van der Waals surface area contributed by atoms with E-state index in [-0.39, 0.29) is 54.8 Å². The van der Waals surface area contributed by atoms with Gasteiger partial charge in [0.25, 0.3) is 0 Å². The molecule has 1 aliphatic heterocycles. The van der Waals surface area contributed by atoms with Gasteiger partial charge < -0.3 is 16.0 Å². The third-order valence-corrected chi connectivity index (χ3v) is 5.14. The Kier molecular flexibility index (Phi) is 5.49. The summed E-state index contributed by atoms with van der Waals surface area (Å²) in [6.45, 7) is 0.242. The van der Waals surface area contributed by atoms with Gasteiger partial charge in [0.15, 0.2) is 0 Å². The maximum atomic E-state index is 12.8. The lowest BCUT2D eigenvalue weighted by atomic mass is 9.82. The Morgan fingerprint density at radius 1 is 1.14 bits per heavy atom. The van der Waals surface area contributed by atoms with Crippen LogP contribution in [-0.2, 0) is 9.59 Å². The van der Waals surface area contributed by atoms with E-state index >= 15 is 0 Å². The van der Waals surface area contributed by atoms with Crippen molar-refractivity contribution in [3.63, 3.8) is 0 Å². The quantitative estimate of drug-likeness (QED) is 0.763. The van der Waals surface area contributed by atoms with Crippen LogP contribution < -0.4 is 11.1 Å². The summed E-state index contributed by atoms with van der Waals surface area (Å²) in [5.74, 6) is 0.209. The number of carbonyl (C=O) groups is 2. The number of rotatable bonds is 1. The van der Waals surface area contributed by atoms with Crippen molar-refractivity contribution in [2.75, 3.05) is 6.54 Å². The molecule has 3 fully saturated rings. The average molecular weight is 316 g/mol. The zero-order valence-corrected chi connectivity index (χ0v) is 13.2. The molecule has 5 nitrogen and oxygen atoms in total. The van der Waals surface area contributed by atoms with Gasteiger partial charge in [-0.25, -0.2) is 0 Å². The molecule has 3 aliphatic rings. The van der Waals surface area contributed by atoms with Gasteiger partial charge in [-0.05, 0) is 32.1 Å². The molecule has 1 saturated heterocycles. The van der Waals surface area contributed by atoms with Crippen molar-refractivity contribution < 1.29 is 9.59 Å². The summed E-state index contributed by atoms with van der Waals surface area (Å²) in [6.07, 6.45) is 8.11. The molecule has 0 bridgehead atoms. The Hall–Kier alpha value is -0.810. The maximum absolute atomic E-state index is 12.8. The summed E-state index contributed by atoms with van der Waals surface area (Å²) in [7, 11) is 0. The van der Waals surface area contributed by atoms with Crippen LogP contribution in [0.25, 0.3) is 0 Å². The van der Waals surface area contributed by atoms with Crippen LogP contribution in [0, 0.1) is 5.92 Å². The number of nitrogens with zero attached hydrogens (tertiary/aromatic N) is 1. The molecule has 3 N–H and O–H groups in total. The van der Waals surface area contributed by atoms with Crippen molar-refractivity contribution in [1.82, 2.24) is 10.2 Å². The summed E-state index contributed by atoms with van der Waals surface area (Å²) < 4.78 is 0. The van der Waals surface area contributed by atoms with Gasteiger partial charge in [0.2, 0.25) is 11.8 Å². The molecule has 4 unspecified atom stereocenters. The van der Waals surface area contributed by atoms with Gasteiger partial charge >= 0.3 is 0 Å². The molecule has 2 saturated carbocycles. The Labute approximate surface area is 132 Å². The highest BCUT2D eigenvalue weighted by Gasteiger charge is 2.41. The van der Waals surface area contributed by atoms with Crippen molar-refractivity contribution in [2.45, 2.75) is 69.5 Å². The molecule has 0 aromatic rings. The summed E-state index contributed by atoms with van der Waals surface area (Å²) in [4.78, 5) is 26.5. The summed E-state index contributed by atoms with van der Waals surface area (Å²) in [6, 6.07) is 0.539. The summed E-state index contributed by atoms with van der Waals surface area (Å²) >= 11 is 0. The van der Waals surface area contributed by atoms with E-state index in [9.17, 15) is 9.59 Å². The highest BCUT2D eigenvalue weighted by atomic mass is 35.5. The molecule has 0 aromatic carbocycles. The molecular formula is C15H26ClN3O2. The number of fused-ring (bicyclic) bond motifs is 1. The van der Waals surface area contributed by atoms with Gasteiger partial charge in [-0.15, -0.1) is 12.4 Å². The molecule has 3 rings (SSSR count). The van der Waals surface area contributed by atoms with Crippen LogP contribution >= 0.6 is 12.4 Å². The minimum absolute atomic E-state index is 0. The number of amides is 2. The van der Waals surface area contributed by atoms with E-state index in [2.05, 4.69) is 5.32 Å². The fourth-order valence-electron chi connectivity index (χ4n) is 4.10. The third kappa shape index (κ3) is 3.51. The second-order valence-electron chi connectivity index (χ2n) is 6.62. The Morgan fingerprint density at radius 2 is 1.90 bits per heavy atom. The van der Waals surface area contributed by atoms with Crippen LogP contribution in [0.2, 0.25) is 0 Å². The normalized spacial score (nSPS) is 36.2. The van der Waals surface area contributed by atoms with Crippen LogP contribution in [-0.4, -0.2) is 41.4 Å². The van der Waals surface area contributed by atoms with E-state index < -0.39 is 0 Å². The second-order valence-corrected chi connectivity index (χ2v) is 6.62. The van der Waals surface area contributed by atoms with E-state index in [4.69, 9.17) is 5.73 Å². The summed E-state index contributed by atoms with van der Waals surface area (Å²) in [5, 5.41) is 3.06. The predicted octanol–water partition coefficient (Wildman–Crippen LogP) is 1.20. The lowest BCUT2D eigenvalue weighted by Gasteiger charge is -2.45. The zero-order valence-electron chi connectivity index (χ0n) is 12.4. The van der Waals surface area contributed by atoms with Gasteiger partial charge in [-0.1, -0.05) is 19.3 Å². The van der Waals surface area contributed by atoms with Crippen LogP contribution in [0.15, 0.2) is 0 Å². The number of nitrogens with one attached hydrogen (secondary N) is 1. The molecular weight excluding hydrogens is 290 g/mol. The first-order valence-electron chi connectivity index (χ1n) is 8.00. The zero-order chi connectivity index (χ0) is 14.1. The van der Waals surface area contributed by atoms with E-state index in [1.165, 1.54) is 0 Å². The molecule has 2 amide bonds. The molecule has 21 heavy (non-hydrogen) atoms. The van der Waals surface area contributed by atoms with E-state index in [0.717, 1.165) is 51.4 Å². The fraction of sp³-hybridized carbons (Fsp3) is 0.867. The second kappa shape index (κ2) is 6.97. The Morgan fingerprint density at radius 3 is 2.67 bits per heavy atom. The topological polar surface area (TPSA) is 75.4 Å². The van der Waals surface area contributed by atoms with Crippen LogP contribution in [0.5, 0.6) is 0 Å². The van der Waals surface area contributed by atoms with Crippen molar-refractivity contribution in [3.8, 4) is 0 Å². The van der Waals surface area contributed by atoms with Gasteiger partial charge in [-0.3, -0.25) is 9.59 Å². The standard InChI is InChI=1S/C15H25N3O2.ClH/c16-11-5-3-4-10(8-11)15(20)18-9-14(19)17-12-6-1-2-7-13(12)18;/h10-13H,1-9,16H2,(H,17,19);1H. The van der Waals surface area contributed by atoms with E-state index in [1.807, 2.05) is 4.90 Å². The van der Waals surface area contributed by atoms with E-state index in [0.29, 0.717) is 0 Å². The minimum atomic E-state index is 0. The average Bonchev–Trinajstić information content (AvgIpc) is 2.45. The first kappa shape index (κ1) is 16.6. The summed E-state index contributed by atoms with van der Waals surface area (Å²) in [5.41, 5.74) is 6.00. The number of piperazine rings is 1. The monoisotopic (exact) mass is 315 g/mol. The smallest absolute Gasteiger partial charge is 0.239 e. The van der Waals surface area contributed by atoms with Crippen LogP contribution in [0.3, 0.4) is 0 Å². The number of hydrogen-bond acceptors (Lipinski definition) is 3. The molecule has 120 valence electrons. The molecule has 0 radical (unpaired) electrons. The fourth-order valence-corrected chi connectivity index (χ4v) is 4.10. The third-order valence-electron chi connectivity index (χ3n) is 5.14. The van der Waals surface area contributed by atoms with Gasteiger partial charge in [0.05, 0.1) is 12.6 Å². The lowest BCUT2D eigenvalue weighted by molar-refractivity contribution is -0.148. The lowest BCUT2D eigenvalue weighted by Crippen LogP contribution is -2.64. The van der Waals surface area contributed by atoms with Crippen molar-refractivity contribution >= 4 is 24.2 Å². The van der Waals surface area contributed by atoms with Crippen LogP contribution in [0.1, 0.15) is 51.4 Å². The van der Waals surface area contributed by atoms with Gasteiger partial charge in [0.1, 0.15) is 0 Å². The van der Waals surface area contributed by atoms with E-state index in [1.54, 1.807) is 0 Å². The SMILES string of the molecule is Cl.NC1CCCC(C(=O)N2CC(=O)NC3CCCCC32)C1. The van der Waals surface area contributed by atoms with Crippen molar-refractivity contribution in [1.29, 1.82) is 0 Å². The Bertz CT molecular complexity index is 404. The first-order valence-corrected chi connectivity index (χ1v) is 8.00. The molecule has 4 atom stereocenters. The number of halogens is 1. The minimum Gasteiger partial charge on any atom is -0.350 e. The molecule has 6 heteroatoms. The molecule has 0 spiro atoms. The number of hydrogen-bond donors (Lipinski definition) is 2. The van der Waals surface area contributed by atoms with Crippen molar-refractivity contribution in [3.05, 3.63) is 0 Å². The Balaban J connectivity index is 0.00000161. The van der Waals surface area contributed by atoms with Crippen molar-refractivity contribution in [2.24, 2.45) is 11.7 Å². The number of carbonyl (C=O) groups excluding carboxylic acids is 2. The van der Waals surface area contributed by atoms with Gasteiger partial charge in [-0.2, -0.15) is 0 Å². The molecule has 0 aromatic heterocycles. The predicted molar refractivity (Wildman–Crippen MR) is 83.1 cm³/mol.